The molecule has 0 aliphatic heterocycles. The van der Waals surface area contributed by atoms with Crippen LogP contribution >= 0.6 is 23.2 Å². The highest BCUT2D eigenvalue weighted by atomic mass is 35.5. The van der Waals surface area contributed by atoms with E-state index in [-0.39, 0.29) is 28.8 Å². The summed E-state index contributed by atoms with van der Waals surface area (Å²) >= 11 is 12.4. The summed E-state index contributed by atoms with van der Waals surface area (Å²) in [5.74, 6) is -0.783. The van der Waals surface area contributed by atoms with Gasteiger partial charge in [0.1, 0.15) is 29.3 Å². The maximum atomic E-state index is 14.5. The van der Waals surface area contributed by atoms with Gasteiger partial charge in [-0.1, -0.05) is 23.2 Å². The fourth-order valence-corrected chi connectivity index (χ4v) is 4.33. The highest BCUT2D eigenvalue weighted by Gasteiger charge is 2.19. The van der Waals surface area contributed by atoms with E-state index in [1.54, 1.807) is 25.1 Å². The third kappa shape index (κ3) is 4.64. The van der Waals surface area contributed by atoms with Crippen LogP contribution in [0.1, 0.15) is 23.0 Å². The zero-order chi connectivity index (χ0) is 24.4. The molecular formula is C24H21Cl2FN4O3. The Morgan fingerprint density at radius 3 is 2.71 bits per heavy atom. The number of benzene rings is 2. The van der Waals surface area contributed by atoms with Crippen molar-refractivity contribution in [3.63, 3.8) is 0 Å². The molecule has 0 saturated heterocycles. The number of aromatic nitrogens is 3. The Morgan fingerprint density at radius 2 is 1.97 bits per heavy atom. The number of nitrogens with one attached hydrogen (secondary N) is 1. The fraction of sp³-hybridized carbons (Fsp3) is 0.208. The van der Waals surface area contributed by atoms with E-state index in [1.807, 2.05) is 17.6 Å². The summed E-state index contributed by atoms with van der Waals surface area (Å²) in [6, 6.07) is 9.62. The van der Waals surface area contributed by atoms with Gasteiger partial charge in [-0.2, -0.15) is 0 Å². The number of nitrogens with zero attached hydrogens (tertiary/aromatic N) is 3. The van der Waals surface area contributed by atoms with Gasteiger partial charge in [-0.15, -0.1) is 0 Å². The molecule has 10 heteroatoms. The van der Waals surface area contributed by atoms with Gasteiger partial charge in [-0.3, -0.25) is 0 Å². The maximum absolute atomic E-state index is 14.5. The average molecular weight is 503 g/mol. The van der Waals surface area contributed by atoms with E-state index >= 15 is 0 Å². The van der Waals surface area contributed by atoms with Crippen LogP contribution in [0.4, 0.5) is 10.2 Å². The van der Waals surface area contributed by atoms with E-state index in [9.17, 15) is 14.3 Å². The predicted molar refractivity (Wildman–Crippen MR) is 131 cm³/mol. The molecule has 4 aromatic rings. The van der Waals surface area contributed by atoms with Crippen LogP contribution in [0, 0.1) is 12.7 Å². The molecule has 0 aliphatic carbocycles. The zero-order valence-electron chi connectivity index (χ0n) is 18.4. The number of carbonyl (C=O) groups is 1. The predicted octanol–water partition coefficient (Wildman–Crippen LogP) is 6.06. The van der Waals surface area contributed by atoms with Crippen molar-refractivity contribution in [1.82, 2.24) is 14.5 Å². The Morgan fingerprint density at radius 1 is 1.18 bits per heavy atom. The second-order valence-corrected chi connectivity index (χ2v) is 8.33. The first-order valence-electron chi connectivity index (χ1n) is 10.5. The molecule has 0 radical (unpaired) electrons. The number of fused-ring (bicyclic) bond motifs is 1. The van der Waals surface area contributed by atoms with Crippen LogP contribution in [-0.4, -0.2) is 38.8 Å². The summed E-state index contributed by atoms with van der Waals surface area (Å²) in [5, 5.41) is 13.9. The lowest BCUT2D eigenvalue weighted by molar-refractivity contribution is 0.0693. The van der Waals surface area contributed by atoms with Crippen molar-refractivity contribution in [2.45, 2.75) is 20.4 Å². The van der Waals surface area contributed by atoms with Gasteiger partial charge >= 0.3 is 5.97 Å². The van der Waals surface area contributed by atoms with E-state index in [0.29, 0.717) is 46.1 Å². The number of carboxylic acid groups (broad SMARTS) is 1. The highest BCUT2D eigenvalue weighted by molar-refractivity contribution is 6.35. The molecule has 0 saturated carbocycles. The van der Waals surface area contributed by atoms with Gasteiger partial charge in [0.15, 0.2) is 0 Å². The van der Waals surface area contributed by atoms with Gasteiger partial charge in [-0.25, -0.2) is 19.2 Å². The smallest absolute Gasteiger partial charge is 0.341 e. The van der Waals surface area contributed by atoms with Crippen LogP contribution in [0.3, 0.4) is 0 Å². The van der Waals surface area contributed by atoms with Crippen molar-refractivity contribution < 1.29 is 19.0 Å². The number of anilines is 1. The minimum atomic E-state index is -1.17. The second kappa shape index (κ2) is 9.87. The number of hydrogen-bond acceptors (Lipinski definition) is 5. The SMILES string of the molecule is CCOc1cc(-c2cc(NCCn3c(C)cc4c(Cl)ccc(F)c43)ncn2)cc(Cl)c1C(=O)O. The van der Waals surface area contributed by atoms with Crippen LogP contribution in [0.25, 0.3) is 22.2 Å². The molecule has 2 heterocycles. The molecule has 34 heavy (non-hydrogen) atoms. The first-order chi connectivity index (χ1) is 16.3. The van der Waals surface area contributed by atoms with Crippen LogP contribution < -0.4 is 10.1 Å². The number of rotatable bonds is 8. The third-order valence-electron chi connectivity index (χ3n) is 5.34. The third-order valence-corrected chi connectivity index (χ3v) is 5.96. The molecule has 2 N–H and O–H groups in total. The topological polar surface area (TPSA) is 89.3 Å². The maximum Gasteiger partial charge on any atom is 0.341 e. The minimum absolute atomic E-state index is 0.0530. The van der Waals surface area contributed by atoms with Gasteiger partial charge in [0.05, 0.1) is 27.9 Å². The molecule has 0 spiro atoms. The number of hydrogen-bond donors (Lipinski definition) is 2. The molecule has 2 aromatic carbocycles. The number of ether oxygens (including phenoxy) is 1. The Bertz CT molecular complexity index is 1390. The van der Waals surface area contributed by atoms with Crippen LogP contribution in [0.15, 0.2) is 42.7 Å². The molecule has 0 aliphatic rings. The fourth-order valence-electron chi connectivity index (χ4n) is 3.83. The lowest BCUT2D eigenvalue weighted by atomic mass is 10.1. The first kappa shape index (κ1) is 23.8. The number of aromatic carboxylic acids is 1. The van der Waals surface area contributed by atoms with Gasteiger partial charge in [0, 0.05) is 35.8 Å². The summed E-state index contributed by atoms with van der Waals surface area (Å²) < 4.78 is 21.8. The Labute approximate surface area is 205 Å². The summed E-state index contributed by atoms with van der Waals surface area (Å²) in [6.07, 6.45) is 1.40. The average Bonchev–Trinajstić information content (AvgIpc) is 3.13. The molecule has 0 atom stereocenters. The van der Waals surface area contributed by atoms with Crippen molar-refractivity contribution >= 4 is 45.9 Å². The quantitative estimate of drug-likeness (QED) is 0.304. The number of aryl methyl sites for hydroxylation is 1. The summed E-state index contributed by atoms with van der Waals surface area (Å²) in [6.45, 7) is 4.90. The Kier molecular flexibility index (Phi) is 6.90. The van der Waals surface area contributed by atoms with E-state index < -0.39 is 5.97 Å². The highest BCUT2D eigenvalue weighted by Crippen LogP contribution is 2.33. The normalized spacial score (nSPS) is 11.1. The van der Waals surface area contributed by atoms with Crippen LogP contribution in [0.2, 0.25) is 10.0 Å². The van der Waals surface area contributed by atoms with Crippen molar-refractivity contribution in [3.05, 3.63) is 69.8 Å². The van der Waals surface area contributed by atoms with Crippen molar-refractivity contribution in [3.8, 4) is 17.0 Å². The summed E-state index contributed by atoms with van der Waals surface area (Å²) in [4.78, 5) is 20.1. The van der Waals surface area contributed by atoms with Gasteiger partial charge in [0.25, 0.3) is 0 Å². The number of halogens is 3. The lowest BCUT2D eigenvalue weighted by Gasteiger charge is -2.13. The van der Waals surface area contributed by atoms with Gasteiger partial charge in [0.2, 0.25) is 0 Å². The Balaban J connectivity index is 1.56. The van der Waals surface area contributed by atoms with Crippen LogP contribution in [0.5, 0.6) is 5.75 Å². The second-order valence-electron chi connectivity index (χ2n) is 7.51. The van der Waals surface area contributed by atoms with Crippen molar-refractivity contribution in [1.29, 1.82) is 0 Å². The number of carboxylic acids is 1. The molecule has 0 fully saturated rings. The Hall–Kier alpha value is -3.36. The molecule has 4 rings (SSSR count). The minimum Gasteiger partial charge on any atom is -0.493 e. The largest absolute Gasteiger partial charge is 0.493 e. The molecular weight excluding hydrogens is 482 g/mol. The summed E-state index contributed by atoms with van der Waals surface area (Å²) in [7, 11) is 0. The van der Waals surface area contributed by atoms with Crippen LogP contribution in [-0.2, 0) is 6.54 Å². The van der Waals surface area contributed by atoms with Crippen molar-refractivity contribution in [2.24, 2.45) is 0 Å². The monoisotopic (exact) mass is 502 g/mol. The summed E-state index contributed by atoms with van der Waals surface area (Å²) in [5.41, 5.74) is 2.39. The lowest BCUT2D eigenvalue weighted by Crippen LogP contribution is -2.13. The molecule has 176 valence electrons. The standard InChI is InChI=1S/C24H21Cl2FN4O3/c1-3-34-20-10-14(9-17(26)22(20)24(32)33)19-11-21(30-12-29-19)28-6-7-31-13(2)8-15-16(25)4-5-18(27)23(15)31/h4-5,8-12H,3,6-7H2,1-2H3,(H,32,33)(H,28,29,30). The van der Waals surface area contributed by atoms with E-state index in [0.717, 1.165) is 5.69 Å². The van der Waals surface area contributed by atoms with E-state index in [2.05, 4.69) is 15.3 Å². The molecule has 0 unspecified atom stereocenters. The van der Waals surface area contributed by atoms with E-state index in [4.69, 9.17) is 27.9 Å². The van der Waals surface area contributed by atoms with Crippen molar-refractivity contribution in [2.75, 3.05) is 18.5 Å². The molecule has 2 aromatic heterocycles. The first-order valence-corrected chi connectivity index (χ1v) is 11.3. The molecule has 0 bridgehead atoms. The van der Waals surface area contributed by atoms with E-state index in [1.165, 1.54) is 18.5 Å². The zero-order valence-corrected chi connectivity index (χ0v) is 19.9. The van der Waals surface area contributed by atoms with Gasteiger partial charge < -0.3 is 19.7 Å². The molecule has 0 amide bonds. The van der Waals surface area contributed by atoms with Gasteiger partial charge in [-0.05, 0) is 44.2 Å². The molecule has 7 nitrogen and oxygen atoms in total.